The molecule has 1 saturated carbocycles. The largest absolute Gasteiger partial charge is 0.264 e. The highest BCUT2D eigenvalue weighted by Crippen LogP contribution is 2.25. The van der Waals surface area contributed by atoms with E-state index in [0.29, 0.717) is 0 Å². The van der Waals surface area contributed by atoms with E-state index < -0.39 is 0 Å². The van der Waals surface area contributed by atoms with Gasteiger partial charge in [-0.1, -0.05) is 19.3 Å². The van der Waals surface area contributed by atoms with Crippen LogP contribution in [-0.4, -0.2) is 9.78 Å². The van der Waals surface area contributed by atoms with Gasteiger partial charge in [0.2, 0.25) is 0 Å². The van der Waals surface area contributed by atoms with Gasteiger partial charge in [0.25, 0.3) is 0 Å². The van der Waals surface area contributed by atoms with Crippen molar-refractivity contribution in [3.05, 3.63) is 24.5 Å². The Bertz CT molecular complexity index is 197. The summed E-state index contributed by atoms with van der Waals surface area (Å²) in [5.41, 5.74) is 0. The fourth-order valence-corrected chi connectivity index (χ4v) is 1.64. The Balaban J connectivity index is 2.04. The van der Waals surface area contributed by atoms with Crippen molar-refractivity contribution in [2.45, 2.75) is 32.1 Å². The molecule has 1 fully saturated rings. The van der Waals surface area contributed by atoms with Gasteiger partial charge in [0.15, 0.2) is 0 Å². The van der Waals surface area contributed by atoms with Crippen LogP contribution in [0.1, 0.15) is 32.1 Å². The summed E-state index contributed by atoms with van der Waals surface area (Å²) in [7, 11) is 0. The molecule has 2 rings (SSSR count). The third kappa shape index (κ3) is 1.44. The highest BCUT2D eigenvalue weighted by molar-refractivity contribution is 4.96. The fraction of sp³-hybridized carbons (Fsp3) is 0.556. The van der Waals surface area contributed by atoms with Crippen molar-refractivity contribution in [3.8, 4) is 0 Å². The molecule has 1 aromatic heterocycles. The van der Waals surface area contributed by atoms with Gasteiger partial charge < -0.3 is 0 Å². The maximum Gasteiger partial charge on any atom is 0.0878 e. The smallest absolute Gasteiger partial charge is 0.0878 e. The second-order valence-electron chi connectivity index (χ2n) is 3.08. The summed E-state index contributed by atoms with van der Waals surface area (Å²) < 4.78 is 2.03. The van der Waals surface area contributed by atoms with E-state index in [1.165, 1.54) is 38.1 Å². The molecule has 1 aromatic rings. The Morgan fingerprint density at radius 3 is 2.64 bits per heavy atom. The van der Waals surface area contributed by atoms with Crippen LogP contribution < -0.4 is 0 Å². The third-order valence-corrected chi connectivity index (χ3v) is 2.26. The molecule has 1 aliphatic carbocycles. The standard InChI is InChI=1S/C9H13N2/c1-2-5-9(6-3-1)11-8-4-7-10-11/h4,7-8H,1-3,5-6H2. The van der Waals surface area contributed by atoms with Gasteiger partial charge in [-0.3, -0.25) is 4.68 Å². The molecule has 0 saturated heterocycles. The van der Waals surface area contributed by atoms with Gasteiger partial charge in [-0.05, 0) is 18.9 Å². The number of aromatic nitrogens is 2. The lowest BCUT2D eigenvalue weighted by Crippen LogP contribution is -2.13. The maximum atomic E-state index is 4.22. The topological polar surface area (TPSA) is 17.8 Å². The summed E-state index contributed by atoms with van der Waals surface area (Å²) in [4.78, 5) is 0. The first-order valence-corrected chi connectivity index (χ1v) is 4.31. The molecule has 0 atom stereocenters. The Hall–Kier alpha value is -0.790. The van der Waals surface area contributed by atoms with E-state index in [1.54, 1.807) is 0 Å². The molecule has 0 unspecified atom stereocenters. The van der Waals surface area contributed by atoms with Gasteiger partial charge in [-0.25, -0.2) is 0 Å². The summed E-state index contributed by atoms with van der Waals surface area (Å²) >= 11 is 0. The minimum Gasteiger partial charge on any atom is -0.264 e. The van der Waals surface area contributed by atoms with Crippen molar-refractivity contribution in [3.63, 3.8) is 0 Å². The van der Waals surface area contributed by atoms with E-state index in [9.17, 15) is 0 Å². The van der Waals surface area contributed by atoms with Gasteiger partial charge in [-0.2, -0.15) is 5.10 Å². The Morgan fingerprint density at radius 1 is 1.18 bits per heavy atom. The first-order valence-electron chi connectivity index (χ1n) is 4.31. The van der Waals surface area contributed by atoms with Crippen LogP contribution >= 0.6 is 0 Å². The van der Waals surface area contributed by atoms with Gasteiger partial charge in [0.1, 0.15) is 0 Å². The SMILES string of the molecule is c1cnn([C]2CCCCC2)c1. The Kier molecular flexibility index (Phi) is 1.93. The fourth-order valence-electron chi connectivity index (χ4n) is 1.64. The van der Waals surface area contributed by atoms with Crippen LogP contribution in [0.4, 0.5) is 0 Å². The minimum absolute atomic E-state index is 1.24. The predicted molar refractivity (Wildman–Crippen MR) is 44.0 cm³/mol. The normalized spacial score (nSPS) is 20.4. The number of nitrogens with zero attached hydrogens (tertiary/aromatic N) is 2. The zero-order valence-corrected chi connectivity index (χ0v) is 6.66. The van der Waals surface area contributed by atoms with E-state index in [1.807, 2.05) is 23.1 Å². The van der Waals surface area contributed by atoms with Crippen molar-refractivity contribution < 1.29 is 0 Å². The van der Waals surface area contributed by atoms with Gasteiger partial charge >= 0.3 is 0 Å². The maximum absolute atomic E-state index is 4.22. The van der Waals surface area contributed by atoms with Crippen LogP contribution in [0.3, 0.4) is 0 Å². The van der Waals surface area contributed by atoms with Crippen molar-refractivity contribution >= 4 is 0 Å². The number of rotatable bonds is 1. The predicted octanol–water partition coefficient (Wildman–Crippen LogP) is 2.23. The Morgan fingerprint density at radius 2 is 2.00 bits per heavy atom. The van der Waals surface area contributed by atoms with Crippen LogP contribution in [0, 0.1) is 6.04 Å². The molecule has 1 radical (unpaired) electrons. The van der Waals surface area contributed by atoms with Crippen LogP contribution in [-0.2, 0) is 0 Å². The van der Waals surface area contributed by atoms with E-state index in [-0.39, 0.29) is 0 Å². The van der Waals surface area contributed by atoms with Crippen LogP contribution in [0.5, 0.6) is 0 Å². The minimum atomic E-state index is 1.24. The molecule has 1 heterocycles. The summed E-state index contributed by atoms with van der Waals surface area (Å²) in [5.74, 6) is 0. The van der Waals surface area contributed by atoms with E-state index in [2.05, 4.69) is 5.10 Å². The zero-order chi connectivity index (χ0) is 7.52. The summed E-state index contributed by atoms with van der Waals surface area (Å²) in [6.07, 6.45) is 10.4. The van der Waals surface area contributed by atoms with Crippen LogP contribution in [0.2, 0.25) is 0 Å². The summed E-state index contributed by atoms with van der Waals surface area (Å²) in [5, 5.41) is 4.22. The van der Waals surface area contributed by atoms with Gasteiger partial charge in [0.05, 0.1) is 6.04 Å². The van der Waals surface area contributed by atoms with Crippen LogP contribution in [0.15, 0.2) is 18.5 Å². The molecule has 2 nitrogen and oxygen atoms in total. The summed E-state index contributed by atoms with van der Waals surface area (Å²) in [6.45, 7) is 0. The van der Waals surface area contributed by atoms with Crippen molar-refractivity contribution in [2.24, 2.45) is 0 Å². The monoisotopic (exact) mass is 149 g/mol. The second kappa shape index (κ2) is 3.07. The molecule has 0 amide bonds. The van der Waals surface area contributed by atoms with Crippen molar-refractivity contribution in [1.82, 2.24) is 9.78 Å². The summed E-state index contributed by atoms with van der Waals surface area (Å²) in [6, 6.07) is 3.47. The van der Waals surface area contributed by atoms with Crippen LogP contribution in [0.25, 0.3) is 0 Å². The lowest BCUT2D eigenvalue weighted by Gasteiger charge is -2.20. The molecule has 59 valence electrons. The Labute approximate surface area is 67.2 Å². The van der Waals surface area contributed by atoms with Crippen molar-refractivity contribution in [2.75, 3.05) is 0 Å². The first-order chi connectivity index (χ1) is 5.47. The van der Waals surface area contributed by atoms with E-state index in [0.717, 1.165) is 0 Å². The lowest BCUT2D eigenvalue weighted by atomic mass is 9.96. The van der Waals surface area contributed by atoms with E-state index in [4.69, 9.17) is 0 Å². The molecule has 2 heteroatoms. The van der Waals surface area contributed by atoms with Crippen molar-refractivity contribution in [1.29, 1.82) is 0 Å². The molecular formula is C9H13N2. The average Bonchev–Trinajstić information content (AvgIpc) is 2.58. The highest BCUT2D eigenvalue weighted by Gasteiger charge is 2.15. The molecular weight excluding hydrogens is 136 g/mol. The van der Waals surface area contributed by atoms with Gasteiger partial charge in [0, 0.05) is 12.4 Å². The number of hydrogen-bond donors (Lipinski definition) is 0. The quantitative estimate of drug-likeness (QED) is 0.598. The molecule has 0 spiro atoms. The molecule has 0 aliphatic heterocycles. The van der Waals surface area contributed by atoms with E-state index >= 15 is 0 Å². The molecule has 0 bridgehead atoms. The lowest BCUT2D eigenvalue weighted by molar-refractivity contribution is 0.466. The molecule has 1 aliphatic rings. The molecule has 11 heavy (non-hydrogen) atoms. The zero-order valence-electron chi connectivity index (χ0n) is 6.66. The molecule has 0 N–H and O–H groups in total. The third-order valence-electron chi connectivity index (χ3n) is 2.26. The molecule has 0 aromatic carbocycles. The van der Waals surface area contributed by atoms with Gasteiger partial charge in [-0.15, -0.1) is 0 Å². The first kappa shape index (κ1) is 6.89. The number of hydrogen-bond acceptors (Lipinski definition) is 1. The second-order valence-corrected chi connectivity index (χ2v) is 3.08. The average molecular weight is 149 g/mol. The highest BCUT2D eigenvalue weighted by atomic mass is 15.3.